The van der Waals surface area contributed by atoms with Crippen LogP contribution in [-0.2, 0) is 0 Å². The molecule has 0 N–H and O–H groups in total. The van der Waals surface area contributed by atoms with Crippen LogP contribution in [0.1, 0.15) is 26.3 Å². The molecule has 62 valence electrons. The third-order valence-electron chi connectivity index (χ3n) is 1.54. The second-order valence-corrected chi connectivity index (χ2v) is 2.51. The first-order valence-electron chi connectivity index (χ1n) is 3.41. The molecule has 0 heterocycles. The van der Waals surface area contributed by atoms with Crippen LogP contribution in [0.2, 0.25) is 0 Å². The van der Waals surface area contributed by atoms with Crippen LogP contribution >= 0.6 is 0 Å². The summed E-state index contributed by atoms with van der Waals surface area (Å²) in [5.41, 5.74) is 0.813. The van der Waals surface area contributed by atoms with Crippen molar-refractivity contribution in [2.75, 3.05) is 0 Å². The number of aryl methyl sites for hydroxylation is 1. The van der Waals surface area contributed by atoms with E-state index in [4.69, 9.17) is 0 Å². The summed E-state index contributed by atoms with van der Waals surface area (Å²) in [6, 6.07) is 2.92. The maximum Gasteiger partial charge on any atom is 1.00 e. The predicted molar refractivity (Wildman–Crippen MR) is 41.4 cm³/mol. The number of hydrogen-bond acceptors (Lipinski definition) is 3. The van der Waals surface area contributed by atoms with E-state index in [9.17, 15) is 14.7 Å². The Labute approximate surface area is 98.1 Å². The van der Waals surface area contributed by atoms with E-state index in [0.29, 0.717) is 12.6 Å². The standard InChI is InChI=1S/C9H8O3.Na/c1-6-2-7(4-10)9(12)8(3-6)5-11;/h2-5,12H,1H3;/q;+1/p-1. The third-order valence-corrected chi connectivity index (χ3v) is 1.54. The summed E-state index contributed by atoms with van der Waals surface area (Å²) in [6.07, 6.45) is 0.921. The zero-order chi connectivity index (χ0) is 9.14. The third kappa shape index (κ3) is 2.66. The van der Waals surface area contributed by atoms with Gasteiger partial charge in [0.05, 0.1) is 0 Å². The van der Waals surface area contributed by atoms with Gasteiger partial charge in [0.2, 0.25) is 0 Å². The van der Waals surface area contributed by atoms with Crippen LogP contribution in [0, 0.1) is 6.92 Å². The molecule has 3 nitrogen and oxygen atoms in total. The van der Waals surface area contributed by atoms with Crippen LogP contribution < -0.4 is 34.7 Å². The number of rotatable bonds is 2. The molecule has 0 amide bonds. The molecule has 1 rings (SSSR count). The Bertz CT molecular complexity index is 305. The quantitative estimate of drug-likeness (QED) is 0.385. The van der Waals surface area contributed by atoms with Crippen molar-refractivity contribution in [1.29, 1.82) is 0 Å². The van der Waals surface area contributed by atoms with Crippen molar-refractivity contribution in [2.24, 2.45) is 0 Å². The van der Waals surface area contributed by atoms with Crippen molar-refractivity contribution in [1.82, 2.24) is 0 Å². The molecule has 0 aromatic heterocycles. The van der Waals surface area contributed by atoms with Gasteiger partial charge in [-0.3, -0.25) is 9.59 Å². The molecule has 1 aromatic carbocycles. The number of carbonyl (C=O) groups is 2. The van der Waals surface area contributed by atoms with Gasteiger partial charge in [0.25, 0.3) is 0 Å². The number of carbonyl (C=O) groups excluding carboxylic acids is 2. The Hall–Kier alpha value is -0.640. The molecule has 1 aromatic rings. The minimum absolute atomic E-state index is 0. The maximum atomic E-state index is 11.1. The van der Waals surface area contributed by atoms with E-state index in [0.717, 1.165) is 5.56 Å². The Morgan fingerprint density at radius 1 is 1.15 bits per heavy atom. The van der Waals surface area contributed by atoms with Gasteiger partial charge in [-0.1, -0.05) is 5.75 Å². The molecule has 0 fully saturated rings. The largest absolute Gasteiger partial charge is 1.00 e. The van der Waals surface area contributed by atoms with Crippen LogP contribution in [0.5, 0.6) is 5.75 Å². The van der Waals surface area contributed by atoms with Gasteiger partial charge in [0.1, 0.15) is 12.6 Å². The van der Waals surface area contributed by atoms with E-state index in [1.165, 1.54) is 12.1 Å². The van der Waals surface area contributed by atoms with E-state index in [1.54, 1.807) is 6.92 Å². The fraction of sp³-hybridized carbons (Fsp3) is 0.111. The van der Waals surface area contributed by atoms with Crippen LogP contribution in [0.25, 0.3) is 0 Å². The molecule has 0 aliphatic rings. The van der Waals surface area contributed by atoms with Gasteiger partial charge >= 0.3 is 29.6 Å². The Morgan fingerprint density at radius 2 is 1.54 bits per heavy atom. The molecular formula is C9H7NaO3. The fourth-order valence-electron chi connectivity index (χ4n) is 1.01. The van der Waals surface area contributed by atoms with Crippen molar-refractivity contribution < 1.29 is 44.3 Å². The number of benzene rings is 1. The zero-order valence-electron chi connectivity index (χ0n) is 7.53. The first-order valence-corrected chi connectivity index (χ1v) is 3.41. The monoisotopic (exact) mass is 186 g/mol. The van der Waals surface area contributed by atoms with Crippen LogP contribution in [0.4, 0.5) is 0 Å². The van der Waals surface area contributed by atoms with E-state index in [2.05, 4.69) is 0 Å². The van der Waals surface area contributed by atoms with Crippen LogP contribution in [-0.4, -0.2) is 12.6 Å². The summed E-state index contributed by atoms with van der Waals surface area (Å²) in [4.78, 5) is 20.7. The van der Waals surface area contributed by atoms with Crippen LogP contribution in [0.15, 0.2) is 12.1 Å². The normalized spacial score (nSPS) is 8.69. The minimum atomic E-state index is -0.495. The van der Waals surface area contributed by atoms with E-state index in [1.807, 2.05) is 0 Å². The number of aldehydes is 2. The summed E-state index contributed by atoms with van der Waals surface area (Å²) in [6.45, 7) is 1.72. The molecule has 0 bridgehead atoms. The Balaban J connectivity index is 0.00000144. The summed E-state index contributed by atoms with van der Waals surface area (Å²) < 4.78 is 0. The second kappa shape index (κ2) is 5.17. The second-order valence-electron chi connectivity index (χ2n) is 2.51. The van der Waals surface area contributed by atoms with Crippen LogP contribution in [0.3, 0.4) is 0 Å². The summed E-state index contributed by atoms with van der Waals surface area (Å²) >= 11 is 0. The van der Waals surface area contributed by atoms with Gasteiger partial charge in [0, 0.05) is 11.1 Å². The topological polar surface area (TPSA) is 57.2 Å². The van der Waals surface area contributed by atoms with Gasteiger partial charge in [-0.15, -0.1) is 0 Å². The van der Waals surface area contributed by atoms with Gasteiger partial charge in [-0.2, -0.15) is 0 Å². The molecule has 0 aliphatic heterocycles. The summed E-state index contributed by atoms with van der Waals surface area (Å²) in [5.74, 6) is -0.495. The molecule has 0 spiro atoms. The maximum absolute atomic E-state index is 11.1. The summed E-state index contributed by atoms with van der Waals surface area (Å²) in [5, 5.41) is 11.1. The average Bonchev–Trinajstić information content (AvgIpc) is 2.08. The van der Waals surface area contributed by atoms with Gasteiger partial charge in [-0.25, -0.2) is 0 Å². The molecule has 0 unspecified atom stereocenters. The first-order chi connectivity index (χ1) is 5.69. The van der Waals surface area contributed by atoms with Crippen molar-refractivity contribution in [3.05, 3.63) is 28.8 Å². The van der Waals surface area contributed by atoms with Crippen molar-refractivity contribution >= 4 is 12.6 Å². The summed E-state index contributed by atoms with van der Waals surface area (Å²) in [7, 11) is 0. The predicted octanol–water partition coefficient (Wildman–Crippen LogP) is -2.30. The van der Waals surface area contributed by atoms with E-state index >= 15 is 0 Å². The van der Waals surface area contributed by atoms with Crippen molar-refractivity contribution in [3.8, 4) is 5.75 Å². The molecule has 0 aliphatic carbocycles. The molecule has 13 heavy (non-hydrogen) atoms. The fourth-order valence-corrected chi connectivity index (χ4v) is 1.01. The molecule has 0 saturated heterocycles. The SMILES string of the molecule is Cc1cc(C=O)c([O-])c(C=O)c1.[Na+]. The minimum Gasteiger partial charge on any atom is -0.871 e. The Kier molecular flexibility index (Phi) is 4.91. The molecule has 4 heteroatoms. The van der Waals surface area contributed by atoms with Crippen molar-refractivity contribution in [2.45, 2.75) is 6.92 Å². The average molecular weight is 186 g/mol. The smallest absolute Gasteiger partial charge is 0.871 e. The van der Waals surface area contributed by atoms with Gasteiger partial charge < -0.3 is 5.11 Å². The first kappa shape index (κ1) is 12.4. The Morgan fingerprint density at radius 3 is 1.85 bits per heavy atom. The van der Waals surface area contributed by atoms with Crippen molar-refractivity contribution in [3.63, 3.8) is 0 Å². The van der Waals surface area contributed by atoms with Gasteiger partial charge in [-0.05, 0) is 24.6 Å². The number of hydrogen-bond donors (Lipinski definition) is 0. The van der Waals surface area contributed by atoms with Gasteiger partial charge in [0.15, 0.2) is 0 Å². The zero-order valence-corrected chi connectivity index (χ0v) is 9.53. The molecule has 0 saturated carbocycles. The van der Waals surface area contributed by atoms with E-state index in [-0.39, 0.29) is 40.7 Å². The van der Waals surface area contributed by atoms with E-state index < -0.39 is 5.75 Å². The molecule has 0 radical (unpaired) electrons. The molecular weight excluding hydrogens is 179 g/mol. The molecule has 0 atom stereocenters.